The molecule has 0 aliphatic carbocycles. The van der Waals surface area contributed by atoms with Gasteiger partial charge < -0.3 is 0 Å². The summed E-state index contributed by atoms with van der Waals surface area (Å²) in [5.41, 5.74) is 2.94. The summed E-state index contributed by atoms with van der Waals surface area (Å²) in [6.07, 6.45) is 4.81. The Morgan fingerprint density at radius 3 is 1.75 bits per heavy atom. The van der Waals surface area contributed by atoms with E-state index in [0.29, 0.717) is 25.7 Å². The van der Waals surface area contributed by atoms with Gasteiger partial charge in [0.25, 0.3) is 0 Å². The normalized spacial score (nSPS) is 24.5. The van der Waals surface area contributed by atoms with Crippen molar-refractivity contribution in [3.05, 3.63) is 83.9 Å². The van der Waals surface area contributed by atoms with E-state index in [2.05, 4.69) is 86.7 Å². The molecule has 0 bridgehead atoms. The molecule has 0 nitrogen and oxygen atoms in total. The number of rotatable bonds is 2. The first-order valence-electron chi connectivity index (χ1n) is 7.20. The maximum absolute atomic E-state index is 2.41. The Bertz CT molecular complexity index is 546. The summed E-state index contributed by atoms with van der Waals surface area (Å²) in [6.45, 7) is 4.72. The Kier molecular flexibility index (Phi) is 3.83. The molecule has 0 amide bonds. The zero-order valence-corrected chi connectivity index (χ0v) is 13.7. The van der Waals surface area contributed by atoms with E-state index in [-0.39, 0.29) is 4.31 Å². The van der Waals surface area contributed by atoms with Gasteiger partial charge in [-0.2, -0.15) is 0 Å². The van der Waals surface area contributed by atoms with Gasteiger partial charge in [0, 0.05) is 0 Å². The van der Waals surface area contributed by atoms with E-state index in [0.717, 1.165) is 0 Å². The second-order valence-corrected chi connectivity index (χ2v) is 8.87. The van der Waals surface area contributed by atoms with Crippen molar-refractivity contribution in [3.63, 3.8) is 0 Å². The minimum atomic E-state index is 0.170. The fourth-order valence-corrected chi connectivity index (χ4v) is 6.44. The summed E-state index contributed by atoms with van der Waals surface area (Å²) < 4.78 is 0.170. The summed E-state index contributed by atoms with van der Waals surface area (Å²) >= 11 is 0.518. The van der Waals surface area contributed by atoms with E-state index in [9.17, 15) is 0 Å². The van der Waals surface area contributed by atoms with Crippen molar-refractivity contribution in [3.8, 4) is 0 Å². The first kappa shape index (κ1) is 13.7. The fourth-order valence-electron chi connectivity index (χ4n) is 3.10. The van der Waals surface area contributed by atoms with Crippen LogP contribution >= 0.6 is 0 Å². The van der Waals surface area contributed by atoms with Crippen molar-refractivity contribution < 1.29 is 0 Å². The molecule has 2 atom stereocenters. The molecule has 0 saturated heterocycles. The second kappa shape index (κ2) is 5.60. The van der Waals surface area contributed by atoms with Crippen molar-refractivity contribution >= 4 is 15.0 Å². The average Bonchev–Trinajstić information content (AvgIpc) is 2.51. The third-order valence-electron chi connectivity index (χ3n) is 4.09. The predicted octanol–water partition coefficient (Wildman–Crippen LogP) is 4.65. The maximum atomic E-state index is 2.41. The van der Waals surface area contributed by atoms with E-state index in [4.69, 9.17) is 0 Å². The van der Waals surface area contributed by atoms with Crippen LogP contribution in [0, 0.1) is 5.92 Å². The Labute approximate surface area is 128 Å². The standard InChI is InChI=1S/C19H20Se/c1-15-13-14-16(2)20-19(15,17-9-5-3-6-10-17)18-11-7-4-8-12-18/h3-16H,1-2H3/t15-,16-/m0/s1. The van der Waals surface area contributed by atoms with E-state index in [1.165, 1.54) is 11.1 Å². The molecule has 0 saturated carbocycles. The quantitative estimate of drug-likeness (QED) is 0.556. The van der Waals surface area contributed by atoms with Gasteiger partial charge in [-0.25, -0.2) is 0 Å². The molecular formula is C19H20Se. The first-order valence-corrected chi connectivity index (χ1v) is 9.05. The molecule has 0 N–H and O–H groups in total. The van der Waals surface area contributed by atoms with Crippen molar-refractivity contribution in [2.24, 2.45) is 5.92 Å². The summed E-state index contributed by atoms with van der Waals surface area (Å²) in [5, 5.41) is 0. The van der Waals surface area contributed by atoms with Gasteiger partial charge in [-0.05, 0) is 0 Å². The first-order chi connectivity index (χ1) is 9.73. The van der Waals surface area contributed by atoms with Gasteiger partial charge in [0.2, 0.25) is 0 Å². The molecule has 3 rings (SSSR count). The van der Waals surface area contributed by atoms with Crippen molar-refractivity contribution in [2.75, 3.05) is 0 Å². The zero-order valence-electron chi connectivity index (χ0n) is 12.0. The van der Waals surface area contributed by atoms with Gasteiger partial charge in [0.15, 0.2) is 0 Å². The molecule has 1 aliphatic heterocycles. The third-order valence-corrected chi connectivity index (χ3v) is 7.75. The van der Waals surface area contributed by atoms with Crippen LogP contribution in [0.25, 0.3) is 0 Å². The van der Waals surface area contributed by atoms with Crippen LogP contribution in [0.4, 0.5) is 0 Å². The molecule has 102 valence electrons. The molecule has 20 heavy (non-hydrogen) atoms. The van der Waals surface area contributed by atoms with E-state index < -0.39 is 0 Å². The van der Waals surface area contributed by atoms with Gasteiger partial charge in [-0.1, -0.05) is 0 Å². The van der Waals surface area contributed by atoms with Crippen LogP contribution in [0.15, 0.2) is 72.8 Å². The number of allylic oxidation sites excluding steroid dienone is 2. The number of benzene rings is 2. The molecule has 0 aromatic heterocycles. The van der Waals surface area contributed by atoms with Crippen LogP contribution in [0.2, 0.25) is 4.82 Å². The molecule has 0 radical (unpaired) electrons. The van der Waals surface area contributed by atoms with Crippen LogP contribution in [0.3, 0.4) is 0 Å². The number of hydrogen-bond donors (Lipinski definition) is 0. The summed E-state index contributed by atoms with van der Waals surface area (Å²) in [5.74, 6) is 0.545. The van der Waals surface area contributed by atoms with Gasteiger partial charge in [-0.3, -0.25) is 0 Å². The topological polar surface area (TPSA) is 0 Å². The molecule has 0 unspecified atom stereocenters. The fraction of sp³-hybridized carbons (Fsp3) is 0.263. The van der Waals surface area contributed by atoms with E-state index in [1.807, 2.05) is 0 Å². The zero-order chi connectivity index (χ0) is 14.0. The van der Waals surface area contributed by atoms with Gasteiger partial charge in [0.05, 0.1) is 0 Å². The molecule has 2 aromatic rings. The van der Waals surface area contributed by atoms with Crippen molar-refractivity contribution in [2.45, 2.75) is 23.0 Å². The van der Waals surface area contributed by atoms with Crippen LogP contribution in [0.1, 0.15) is 25.0 Å². The Hall–Kier alpha value is -1.30. The molecule has 0 spiro atoms. The Morgan fingerprint density at radius 2 is 1.25 bits per heavy atom. The second-order valence-electron chi connectivity index (χ2n) is 5.46. The van der Waals surface area contributed by atoms with Gasteiger partial charge in [0.1, 0.15) is 0 Å². The van der Waals surface area contributed by atoms with Gasteiger partial charge in [-0.15, -0.1) is 0 Å². The van der Waals surface area contributed by atoms with Crippen LogP contribution in [0.5, 0.6) is 0 Å². The van der Waals surface area contributed by atoms with E-state index in [1.54, 1.807) is 0 Å². The Morgan fingerprint density at radius 1 is 0.750 bits per heavy atom. The van der Waals surface area contributed by atoms with E-state index >= 15 is 0 Å². The average molecular weight is 327 g/mol. The third kappa shape index (κ3) is 2.26. The van der Waals surface area contributed by atoms with Gasteiger partial charge >= 0.3 is 128 Å². The minimum absolute atomic E-state index is 0.170. The predicted molar refractivity (Wildman–Crippen MR) is 87.1 cm³/mol. The van der Waals surface area contributed by atoms with Crippen LogP contribution in [-0.2, 0) is 4.31 Å². The molecule has 1 heterocycles. The summed E-state index contributed by atoms with van der Waals surface area (Å²) in [6, 6.07) is 22.1. The molecule has 1 aliphatic rings. The van der Waals surface area contributed by atoms with Crippen molar-refractivity contribution in [1.29, 1.82) is 0 Å². The molecule has 1 heteroatoms. The molecule has 0 fully saturated rings. The SMILES string of the molecule is C[C@H]1C=C[C@H](C)C(c2ccccc2)(c2ccccc2)[Se]1. The van der Waals surface area contributed by atoms with Crippen LogP contribution < -0.4 is 0 Å². The molecular weight excluding hydrogens is 307 g/mol. The Balaban J connectivity index is 2.21. The summed E-state index contributed by atoms with van der Waals surface area (Å²) in [4.78, 5) is 0.680. The summed E-state index contributed by atoms with van der Waals surface area (Å²) in [7, 11) is 0. The monoisotopic (exact) mass is 328 g/mol. The van der Waals surface area contributed by atoms with Crippen LogP contribution in [-0.4, -0.2) is 15.0 Å². The number of hydrogen-bond acceptors (Lipinski definition) is 0. The van der Waals surface area contributed by atoms with Crippen molar-refractivity contribution in [1.82, 2.24) is 0 Å². The molecule has 2 aromatic carbocycles.